The summed E-state index contributed by atoms with van der Waals surface area (Å²) in [6.45, 7) is 10.5. The molecule has 1 heterocycles. The van der Waals surface area contributed by atoms with E-state index in [9.17, 15) is 19.2 Å². The number of hydrazone groups is 1. The highest BCUT2D eigenvalue weighted by Crippen LogP contribution is 2.37. The summed E-state index contributed by atoms with van der Waals surface area (Å²) in [6, 6.07) is 23.9. The number of anilines is 1. The molecule has 5 rings (SSSR count). The predicted molar refractivity (Wildman–Crippen MR) is 241 cm³/mol. The van der Waals surface area contributed by atoms with Gasteiger partial charge in [-0.3, -0.25) is 5.43 Å². The highest BCUT2D eigenvalue weighted by atomic mass is 32.1. The minimum atomic E-state index is -0.675. The van der Waals surface area contributed by atoms with Crippen LogP contribution >= 0.6 is 11.3 Å². The van der Waals surface area contributed by atoms with Crippen LogP contribution in [0.25, 0.3) is 10.2 Å². The lowest BCUT2D eigenvalue weighted by Crippen LogP contribution is -2.13. The van der Waals surface area contributed by atoms with Gasteiger partial charge < -0.3 is 33.2 Å². The Balaban J connectivity index is 1.33. The Kier molecular flexibility index (Phi) is 19.2. The number of fused-ring (bicyclic) bond motifs is 1. The molecule has 1 aromatic heterocycles. The zero-order valence-electron chi connectivity index (χ0n) is 35.2. The van der Waals surface area contributed by atoms with E-state index in [1.807, 2.05) is 31.2 Å². The lowest BCUT2D eigenvalue weighted by molar-refractivity contribution is -0.138. The van der Waals surface area contributed by atoms with Crippen LogP contribution < -0.4 is 29.1 Å². The lowest BCUT2D eigenvalue weighted by Gasteiger charge is -2.16. The molecule has 0 aliphatic rings. The van der Waals surface area contributed by atoms with E-state index in [1.54, 1.807) is 48.5 Å². The number of nitrogens with zero attached hydrogens (tertiary/aromatic N) is 2. The third-order valence-corrected chi connectivity index (χ3v) is 9.98. The van der Waals surface area contributed by atoms with E-state index in [2.05, 4.69) is 28.7 Å². The first-order valence-corrected chi connectivity index (χ1v) is 21.5. The molecule has 0 radical (unpaired) electrons. The number of para-hydroxylation sites is 1. The molecule has 63 heavy (non-hydrogen) atoms. The van der Waals surface area contributed by atoms with Crippen LogP contribution in [-0.2, 0) is 19.1 Å². The number of aromatic nitrogens is 1. The fourth-order valence-electron chi connectivity index (χ4n) is 5.86. The van der Waals surface area contributed by atoms with Gasteiger partial charge in [0.05, 0.1) is 60.6 Å². The number of unbranched alkanes of at least 4 members (excludes halogenated alkanes) is 6. The number of ether oxygens (including phenoxy) is 7. The quantitative estimate of drug-likeness (QED) is 0.0132. The van der Waals surface area contributed by atoms with E-state index in [-0.39, 0.29) is 41.6 Å². The summed E-state index contributed by atoms with van der Waals surface area (Å²) in [5.41, 5.74) is 4.57. The minimum absolute atomic E-state index is 0.0478. The maximum absolute atomic E-state index is 13.8. The second-order valence-corrected chi connectivity index (χ2v) is 14.8. The fourth-order valence-corrected chi connectivity index (χ4v) is 6.67. The van der Waals surface area contributed by atoms with Crippen LogP contribution in [0.4, 0.5) is 5.13 Å². The van der Waals surface area contributed by atoms with Crippen LogP contribution in [0.5, 0.6) is 28.7 Å². The molecule has 0 aliphatic carbocycles. The molecule has 0 saturated heterocycles. The molecule has 5 aromatic rings. The monoisotopic (exact) mass is 877 g/mol. The average molecular weight is 878 g/mol. The second-order valence-electron chi connectivity index (χ2n) is 13.7. The number of nitrogens with one attached hydrogen (secondary N) is 1. The van der Waals surface area contributed by atoms with Crippen molar-refractivity contribution < 1.29 is 52.3 Å². The van der Waals surface area contributed by atoms with Crippen LogP contribution in [0, 0.1) is 0 Å². The summed E-state index contributed by atoms with van der Waals surface area (Å²) in [4.78, 5) is 54.3. The molecule has 4 aromatic carbocycles. The predicted octanol–water partition coefficient (Wildman–Crippen LogP) is 9.92. The smallest absolute Gasteiger partial charge is 0.343 e. The second kappa shape index (κ2) is 25.7. The molecule has 0 aliphatic heterocycles. The molecule has 14 nitrogen and oxygen atoms in total. The highest BCUT2D eigenvalue weighted by Gasteiger charge is 2.21. The standard InChI is InChI=1S/C48H51N3O11S/c1-4-43(52)59-29-15-9-7-13-27-57-38-25-21-35(22-26-38)47(55)62-45-36(33-49-51-48-50-40-17-11-12-18-42(40)63-48)31-39(61-46(54)34-19-23-37(24-20-34)56-6-3)32-41(45)58-28-14-8-10-16-30-60-44(53)5-2/h4-5,11-12,17-26,31-33H,1-2,6-10,13-16,27-30H2,3H3,(H,50,51)/b49-33+. The van der Waals surface area contributed by atoms with Gasteiger partial charge in [0, 0.05) is 23.8 Å². The molecule has 0 saturated carbocycles. The van der Waals surface area contributed by atoms with E-state index in [0.717, 1.165) is 60.9 Å². The van der Waals surface area contributed by atoms with Gasteiger partial charge in [0.25, 0.3) is 0 Å². The molecule has 0 unspecified atom stereocenters. The Hall–Kier alpha value is -7.00. The first kappa shape index (κ1) is 47.1. The highest BCUT2D eigenvalue weighted by molar-refractivity contribution is 7.22. The first-order chi connectivity index (χ1) is 30.8. The van der Waals surface area contributed by atoms with Crippen molar-refractivity contribution in [2.75, 3.05) is 38.5 Å². The molecular formula is C48H51N3O11S. The summed E-state index contributed by atoms with van der Waals surface area (Å²) in [7, 11) is 0. The fraction of sp³-hybridized carbons (Fsp3) is 0.292. The number of benzene rings is 4. The third kappa shape index (κ3) is 15.8. The molecule has 1 N–H and O–H groups in total. The molecule has 0 spiro atoms. The zero-order chi connectivity index (χ0) is 44.7. The SMILES string of the molecule is C=CC(=O)OCCCCCCOc1ccc(C(=O)Oc2c(/C=N/Nc3nc4ccccc4s3)cc(OC(=O)c3ccc(OCC)cc3)cc2OCCCCCCOC(=O)C=C)cc1. The topological polar surface area (TPSA) is 170 Å². The van der Waals surface area contributed by atoms with Gasteiger partial charge in [-0.25, -0.2) is 24.2 Å². The Morgan fingerprint density at radius 1 is 0.651 bits per heavy atom. The van der Waals surface area contributed by atoms with E-state index in [4.69, 9.17) is 33.2 Å². The van der Waals surface area contributed by atoms with Gasteiger partial charge in [-0.1, -0.05) is 36.6 Å². The van der Waals surface area contributed by atoms with Crippen molar-refractivity contribution in [3.05, 3.63) is 127 Å². The number of thiazole rings is 1. The molecule has 0 atom stereocenters. The molecule has 0 bridgehead atoms. The summed E-state index contributed by atoms with van der Waals surface area (Å²) in [6.07, 6.45) is 9.87. The van der Waals surface area contributed by atoms with Gasteiger partial charge in [-0.15, -0.1) is 0 Å². The zero-order valence-corrected chi connectivity index (χ0v) is 36.0. The normalized spacial score (nSPS) is 10.8. The third-order valence-electron chi connectivity index (χ3n) is 9.04. The van der Waals surface area contributed by atoms with Crippen molar-refractivity contribution in [1.82, 2.24) is 4.98 Å². The summed E-state index contributed by atoms with van der Waals surface area (Å²) < 4.78 is 40.6. The van der Waals surface area contributed by atoms with Crippen molar-refractivity contribution in [3.63, 3.8) is 0 Å². The molecule has 0 fully saturated rings. The maximum Gasteiger partial charge on any atom is 0.343 e. The van der Waals surface area contributed by atoms with Crippen LogP contribution in [0.1, 0.15) is 84.6 Å². The van der Waals surface area contributed by atoms with E-state index in [1.165, 1.54) is 29.7 Å². The van der Waals surface area contributed by atoms with Gasteiger partial charge in [0.2, 0.25) is 5.13 Å². The summed E-state index contributed by atoms with van der Waals surface area (Å²) in [5.74, 6) is -0.691. The number of hydrogen-bond acceptors (Lipinski definition) is 15. The maximum atomic E-state index is 13.8. The Bertz CT molecular complexity index is 2290. The average Bonchev–Trinajstić information content (AvgIpc) is 3.72. The number of carbonyl (C=O) groups excluding carboxylic acids is 4. The Morgan fingerprint density at radius 3 is 1.79 bits per heavy atom. The van der Waals surface area contributed by atoms with Gasteiger partial charge >= 0.3 is 23.9 Å². The van der Waals surface area contributed by atoms with Crippen LogP contribution in [0.15, 0.2) is 115 Å². The van der Waals surface area contributed by atoms with E-state index in [0.29, 0.717) is 54.9 Å². The Labute approximate surface area is 370 Å². The van der Waals surface area contributed by atoms with Crippen LogP contribution in [0.2, 0.25) is 0 Å². The number of hydrogen-bond donors (Lipinski definition) is 1. The summed E-state index contributed by atoms with van der Waals surface area (Å²) in [5, 5.41) is 4.96. The minimum Gasteiger partial charge on any atom is -0.494 e. The van der Waals surface area contributed by atoms with Gasteiger partial charge in [0.15, 0.2) is 11.5 Å². The number of carbonyl (C=O) groups is 4. The summed E-state index contributed by atoms with van der Waals surface area (Å²) >= 11 is 1.42. The van der Waals surface area contributed by atoms with Gasteiger partial charge in [-0.2, -0.15) is 5.10 Å². The van der Waals surface area contributed by atoms with Crippen molar-refractivity contribution >= 4 is 56.8 Å². The van der Waals surface area contributed by atoms with Crippen LogP contribution in [0.3, 0.4) is 0 Å². The Morgan fingerprint density at radius 2 is 1.21 bits per heavy atom. The van der Waals surface area contributed by atoms with Crippen molar-refractivity contribution in [2.45, 2.75) is 58.3 Å². The van der Waals surface area contributed by atoms with Gasteiger partial charge in [-0.05, 0) is 125 Å². The molecular weight excluding hydrogens is 827 g/mol. The van der Waals surface area contributed by atoms with Crippen molar-refractivity contribution in [1.29, 1.82) is 0 Å². The van der Waals surface area contributed by atoms with E-state index >= 15 is 0 Å². The van der Waals surface area contributed by atoms with Gasteiger partial charge in [0.1, 0.15) is 17.2 Å². The number of esters is 4. The van der Waals surface area contributed by atoms with Crippen molar-refractivity contribution in [3.8, 4) is 28.7 Å². The molecule has 330 valence electrons. The van der Waals surface area contributed by atoms with Crippen LogP contribution in [-0.4, -0.2) is 68.1 Å². The lowest BCUT2D eigenvalue weighted by atomic mass is 10.1. The molecule has 0 amide bonds. The molecule has 15 heteroatoms. The number of rotatable bonds is 27. The first-order valence-electron chi connectivity index (χ1n) is 20.7. The largest absolute Gasteiger partial charge is 0.494 e. The van der Waals surface area contributed by atoms with Crippen molar-refractivity contribution in [2.24, 2.45) is 5.10 Å². The van der Waals surface area contributed by atoms with E-state index < -0.39 is 23.9 Å².